The van der Waals surface area contributed by atoms with Gasteiger partial charge in [-0.15, -0.1) is 21.5 Å². The zero-order valence-corrected chi connectivity index (χ0v) is 14.3. The number of anilines is 1. The topological polar surface area (TPSA) is 84.2 Å². The Bertz CT molecular complexity index is 682. The molecular weight excluding hydrogens is 326 g/mol. The van der Waals surface area contributed by atoms with Gasteiger partial charge >= 0.3 is 0 Å². The largest absolute Gasteiger partial charge is 0.424 e. The van der Waals surface area contributed by atoms with Gasteiger partial charge < -0.3 is 9.73 Å². The van der Waals surface area contributed by atoms with Crippen molar-refractivity contribution in [1.82, 2.24) is 20.1 Å². The van der Waals surface area contributed by atoms with Crippen LogP contribution in [0, 0.1) is 5.92 Å². The highest BCUT2D eigenvalue weighted by Gasteiger charge is 2.28. The monoisotopic (exact) mass is 347 g/mol. The summed E-state index contributed by atoms with van der Waals surface area (Å²) in [6, 6.07) is 0. The van der Waals surface area contributed by atoms with Crippen LogP contribution in [-0.2, 0) is 11.3 Å². The lowest BCUT2D eigenvalue weighted by Crippen LogP contribution is -2.40. The van der Waals surface area contributed by atoms with E-state index in [9.17, 15) is 4.79 Å². The van der Waals surface area contributed by atoms with Gasteiger partial charge in [0, 0.05) is 24.0 Å². The number of nitrogens with zero attached hydrogens (tertiary/aromatic N) is 4. The highest BCUT2D eigenvalue weighted by molar-refractivity contribution is 7.13. The minimum absolute atomic E-state index is 0.0170. The van der Waals surface area contributed by atoms with Gasteiger partial charge in [-0.3, -0.25) is 9.69 Å². The SMILES string of the molecule is O=C(Nc1nccs1)[C@H]1CCCN(Cc2nnc(C3CCC3)o2)C1. The van der Waals surface area contributed by atoms with Crippen molar-refractivity contribution < 1.29 is 9.21 Å². The van der Waals surface area contributed by atoms with Crippen molar-refractivity contribution in [2.24, 2.45) is 5.92 Å². The van der Waals surface area contributed by atoms with Crippen molar-refractivity contribution in [2.45, 2.75) is 44.6 Å². The predicted octanol–water partition coefficient (Wildman–Crippen LogP) is 2.64. The molecule has 2 fully saturated rings. The van der Waals surface area contributed by atoms with Crippen LogP contribution in [0.4, 0.5) is 5.13 Å². The third-order valence-electron chi connectivity index (χ3n) is 4.83. The molecule has 1 N–H and O–H groups in total. The van der Waals surface area contributed by atoms with Crippen LogP contribution in [0.1, 0.15) is 49.8 Å². The molecule has 2 aromatic rings. The van der Waals surface area contributed by atoms with E-state index in [2.05, 4.69) is 25.4 Å². The molecule has 1 saturated carbocycles. The van der Waals surface area contributed by atoms with Gasteiger partial charge in [0.1, 0.15) is 0 Å². The number of carbonyl (C=O) groups is 1. The molecule has 0 aromatic carbocycles. The van der Waals surface area contributed by atoms with Crippen LogP contribution in [0.25, 0.3) is 0 Å². The Balaban J connectivity index is 1.32. The molecule has 0 bridgehead atoms. The molecule has 2 aliphatic rings. The number of aromatic nitrogens is 3. The molecule has 4 rings (SSSR count). The van der Waals surface area contributed by atoms with Crippen molar-refractivity contribution in [3.8, 4) is 0 Å². The third kappa shape index (κ3) is 3.49. The van der Waals surface area contributed by atoms with E-state index in [1.165, 1.54) is 17.8 Å². The van der Waals surface area contributed by atoms with Gasteiger partial charge in [0.2, 0.25) is 17.7 Å². The molecule has 8 heteroatoms. The zero-order valence-electron chi connectivity index (χ0n) is 13.5. The van der Waals surface area contributed by atoms with Crippen LogP contribution in [0.5, 0.6) is 0 Å². The second-order valence-electron chi connectivity index (χ2n) is 6.56. The summed E-state index contributed by atoms with van der Waals surface area (Å²) in [5.74, 6) is 1.95. The highest BCUT2D eigenvalue weighted by Crippen LogP contribution is 2.35. The molecule has 1 atom stereocenters. The molecular formula is C16H21N5O2S. The van der Waals surface area contributed by atoms with Crippen LogP contribution >= 0.6 is 11.3 Å². The summed E-state index contributed by atoms with van der Waals surface area (Å²) >= 11 is 1.44. The van der Waals surface area contributed by atoms with Crippen LogP contribution in [0.3, 0.4) is 0 Å². The van der Waals surface area contributed by atoms with E-state index in [0.29, 0.717) is 23.5 Å². The Morgan fingerprint density at radius 1 is 1.33 bits per heavy atom. The average Bonchev–Trinajstić information content (AvgIpc) is 3.18. The number of hydrogen-bond donors (Lipinski definition) is 1. The molecule has 3 heterocycles. The lowest BCUT2D eigenvalue weighted by atomic mass is 9.85. The molecule has 0 radical (unpaired) electrons. The fraction of sp³-hybridized carbons (Fsp3) is 0.625. The first-order valence-electron chi connectivity index (χ1n) is 8.53. The molecule has 1 saturated heterocycles. The molecule has 7 nitrogen and oxygen atoms in total. The molecule has 128 valence electrons. The van der Waals surface area contributed by atoms with E-state index in [-0.39, 0.29) is 11.8 Å². The van der Waals surface area contributed by atoms with Crippen LogP contribution < -0.4 is 5.32 Å². The van der Waals surface area contributed by atoms with Gasteiger partial charge in [-0.05, 0) is 32.2 Å². The molecule has 0 unspecified atom stereocenters. The number of piperidine rings is 1. The smallest absolute Gasteiger partial charge is 0.230 e. The Morgan fingerprint density at radius 2 is 2.25 bits per heavy atom. The van der Waals surface area contributed by atoms with Crippen LogP contribution in [0.2, 0.25) is 0 Å². The number of carbonyl (C=O) groups excluding carboxylic acids is 1. The summed E-state index contributed by atoms with van der Waals surface area (Å²) in [4.78, 5) is 18.7. The van der Waals surface area contributed by atoms with E-state index in [0.717, 1.165) is 44.7 Å². The number of likely N-dealkylation sites (tertiary alicyclic amines) is 1. The average molecular weight is 347 g/mol. The summed E-state index contributed by atoms with van der Waals surface area (Å²) in [6.45, 7) is 2.31. The maximum absolute atomic E-state index is 12.4. The molecule has 2 aromatic heterocycles. The van der Waals surface area contributed by atoms with Crippen molar-refractivity contribution in [3.05, 3.63) is 23.4 Å². The minimum atomic E-state index is -0.0170. The quantitative estimate of drug-likeness (QED) is 0.895. The van der Waals surface area contributed by atoms with E-state index in [1.54, 1.807) is 6.20 Å². The third-order valence-corrected chi connectivity index (χ3v) is 5.52. The molecule has 1 amide bonds. The van der Waals surface area contributed by atoms with Crippen molar-refractivity contribution in [3.63, 3.8) is 0 Å². The number of hydrogen-bond acceptors (Lipinski definition) is 7. The van der Waals surface area contributed by atoms with Gasteiger partial charge in [0.15, 0.2) is 5.13 Å². The van der Waals surface area contributed by atoms with Gasteiger partial charge in [0.25, 0.3) is 0 Å². The fourth-order valence-electron chi connectivity index (χ4n) is 3.25. The Labute approximate surface area is 144 Å². The van der Waals surface area contributed by atoms with Crippen molar-refractivity contribution >= 4 is 22.4 Å². The number of nitrogens with one attached hydrogen (secondary N) is 1. The zero-order chi connectivity index (χ0) is 16.4. The van der Waals surface area contributed by atoms with Gasteiger partial charge in [-0.25, -0.2) is 4.98 Å². The number of amides is 1. The standard InChI is InChI=1S/C16H21N5O2S/c22-14(18-16-17-6-8-24-16)12-5-2-7-21(9-12)10-13-19-20-15(23-13)11-3-1-4-11/h6,8,11-12H,1-5,7,9-10H2,(H,17,18,22)/t12-/m0/s1. The normalized spacial score (nSPS) is 22.2. The highest BCUT2D eigenvalue weighted by atomic mass is 32.1. The van der Waals surface area contributed by atoms with Crippen molar-refractivity contribution in [1.29, 1.82) is 0 Å². The number of rotatable bonds is 5. The summed E-state index contributed by atoms with van der Waals surface area (Å²) in [6.07, 6.45) is 7.17. The second kappa shape index (κ2) is 6.98. The summed E-state index contributed by atoms with van der Waals surface area (Å²) in [7, 11) is 0. The van der Waals surface area contributed by atoms with Gasteiger partial charge in [-0.2, -0.15) is 0 Å². The maximum Gasteiger partial charge on any atom is 0.230 e. The molecule has 1 aliphatic heterocycles. The summed E-state index contributed by atoms with van der Waals surface area (Å²) in [5.41, 5.74) is 0. The van der Waals surface area contributed by atoms with Crippen LogP contribution in [-0.4, -0.2) is 39.1 Å². The maximum atomic E-state index is 12.4. The Morgan fingerprint density at radius 3 is 3.00 bits per heavy atom. The lowest BCUT2D eigenvalue weighted by Gasteiger charge is -2.30. The summed E-state index contributed by atoms with van der Waals surface area (Å²) < 4.78 is 5.80. The first-order chi connectivity index (χ1) is 11.8. The van der Waals surface area contributed by atoms with E-state index in [4.69, 9.17) is 4.42 Å². The molecule has 24 heavy (non-hydrogen) atoms. The minimum Gasteiger partial charge on any atom is -0.424 e. The first kappa shape index (κ1) is 15.7. The van der Waals surface area contributed by atoms with E-state index in [1.807, 2.05) is 5.38 Å². The van der Waals surface area contributed by atoms with Crippen LogP contribution in [0.15, 0.2) is 16.0 Å². The Kier molecular flexibility index (Phi) is 4.57. The summed E-state index contributed by atoms with van der Waals surface area (Å²) in [5, 5.41) is 13.8. The molecule has 1 aliphatic carbocycles. The van der Waals surface area contributed by atoms with Gasteiger partial charge in [0.05, 0.1) is 12.5 Å². The van der Waals surface area contributed by atoms with E-state index >= 15 is 0 Å². The lowest BCUT2D eigenvalue weighted by molar-refractivity contribution is -0.121. The predicted molar refractivity (Wildman–Crippen MR) is 89.6 cm³/mol. The fourth-order valence-corrected chi connectivity index (χ4v) is 3.78. The Hall–Kier alpha value is -1.80. The van der Waals surface area contributed by atoms with E-state index < -0.39 is 0 Å². The second-order valence-corrected chi connectivity index (χ2v) is 7.46. The number of thiazole rings is 1. The molecule has 0 spiro atoms. The first-order valence-corrected chi connectivity index (χ1v) is 9.41. The van der Waals surface area contributed by atoms with Crippen molar-refractivity contribution in [2.75, 3.05) is 18.4 Å². The van der Waals surface area contributed by atoms with Gasteiger partial charge in [-0.1, -0.05) is 6.42 Å².